The molecule has 35 heavy (non-hydrogen) atoms. The summed E-state index contributed by atoms with van der Waals surface area (Å²) in [5.41, 5.74) is 3.77. The summed E-state index contributed by atoms with van der Waals surface area (Å²) in [6.07, 6.45) is 2.87. The highest BCUT2D eigenvalue weighted by molar-refractivity contribution is 7.90. The predicted molar refractivity (Wildman–Crippen MR) is 132 cm³/mol. The summed E-state index contributed by atoms with van der Waals surface area (Å²) in [6.45, 7) is 5.67. The highest BCUT2D eigenvalue weighted by Crippen LogP contribution is 2.31. The lowest BCUT2D eigenvalue weighted by Gasteiger charge is -2.14. The van der Waals surface area contributed by atoms with Crippen LogP contribution in [-0.4, -0.2) is 41.6 Å². The highest BCUT2D eigenvalue weighted by atomic mass is 32.2. The molecule has 4 aromatic rings. The Bertz CT molecular complexity index is 1510. The number of sulfonamides is 1. The number of carbonyl (C=O) groups excluding carboxylic acids is 1. The molecule has 0 aliphatic rings. The molecule has 1 amide bonds. The van der Waals surface area contributed by atoms with Crippen LogP contribution in [0.15, 0.2) is 59.9 Å². The molecule has 0 radical (unpaired) electrons. The van der Waals surface area contributed by atoms with Crippen molar-refractivity contribution >= 4 is 15.9 Å². The third-order valence-corrected chi connectivity index (χ3v) is 6.41. The van der Waals surface area contributed by atoms with Gasteiger partial charge in [0.2, 0.25) is 11.8 Å². The van der Waals surface area contributed by atoms with Crippen LogP contribution in [0, 0.1) is 20.8 Å². The summed E-state index contributed by atoms with van der Waals surface area (Å²) in [6, 6.07) is 11.7. The maximum absolute atomic E-state index is 13.0. The second-order valence-electron chi connectivity index (χ2n) is 7.83. The molecular weight excluding hydrogens is 470 g/mol. The Morgan fingerprint density at radius 3 is 2.49 bits per heavy atom. The van der Waals surface area contributed by atoms with Crippen molar-refractivity contribution in [1.82, 2.24) is 24.9 Å². The minimum atomic E-state index is -4.17. The van der Waals surface area contributed by atoms with Gasteiger partial charge in [0.25, 0.3) is 15.9 Å². The van der Waals surface area contributed by atoms with Crippen LogP contribution in [0.3, 0.4) is 0 Å². The smallest absolute Gasteiger partial charge is 0.281 e. The van der Waals surface area contributed by atoms with Gasteiger partial charge >= 0.3 is 0 Å². The molecular formula is C24H27N5O5S. The summed E-state index contributed by atoms with van der Waals surface area (Å²) >= 11 is 0. The molecule has 11 heteroatoms. The Morgan fingerprint density at radius 2 is 1.83 bits per heavy atom. The number of carbonyl (C=O) groups is 1. The average Bonchev–Trinajstić information content (AvgIpc) is 3.37. The fraction of sp³-hybridized carbons (Fsp3) is 0.167. The minimum Gasteiger partial charge on any atom is -0.481 e. The van der Waals surface area contributed by atoms with Crippen molar-refractivity contribution in [3.05, 3.63) is 77.1 Å². The zero-order valence-corrected chi connectivity index (χ0v) is 20.3. The van der Waals surface area contributed by atoms with Gasteiger partial charge in [0.15, 0.2) is 5.03 Å². The van der Waals surface area contributed by atoms with E-state index in [0.29, 0.717) is 22.9 Å². The Labute approximate surface area is 205 Å². The largest absolute Gasteiger partial charge is 0.481 e. The number of methoxy groups -OCH3 is 1. The molecule has 10 nitrogen and oxygen atoms in total. The van der Waals surface area contributed by atoms with Gasteiger partial charge in [-0.05, 0) is 56.7 Å². The highest BCUT2D eigenvalue weighted by Gasteiger charge is 2.24. The molecule has 184 valence electrons. The van der Waals surface area contributed by atoms with Crippen LogP contribution < -0.4 is 14.2 Å². The molecule has 0 bridgehead atoms. The van der Waals surface area contributed by atoms with Gasteiger partial charge in [0, 0.05) is 20.2 Å². The second-order valence-corrected chi connectivity index (χ2v) is 9.48. The lowest BCUT2D eigenvalue weighted by molar-refractivity contribution is 0.0978. The molecule has 0 aliphatic heterocycles. The number of benzene rings is 1. The van der Waals surface area contributed by atoms with E-state index in [9.17, 15) is 13.2 Å². The van der Waals surface area contributed by atoms with E-state index in [1.165, 1.54) is 25.4 Å². The molecule has 3 aromatic heterocycles. The minimum absolute atomic E-state index is 0. The SMILES string of the molecule is COc1ncc(-c2ccc(C(=O)NS(=O)(=O)c3ccn[nH]3)c(Oc3ccc(C)cc3C)n2)cc1C.[HH].[HH]. The van der Waals surface area contributed by atoms with Crippen molar-refractivity contribution in [2.24, 2.45) is 0 Å². The zero-order valence-electron chi connectivity index (χ0n) is 19.5. The fourth-order valence-electron chi connectivity index (χ4n) is 3.41. The van der Waals surface area contributed by atoms with Crippen LogP contribution in [0.2, 0.25) is 0 Å². The molecule has 0 spiro atoms. The van der Waals surface area contributed by atoms with Gasteiger partial charge < -0.3 is 9.47 Å². The number of pyridine rings is 2. The van der Waals surface area contributed by atoms with E-state index in [4.69, 9.17) is 9.47 Å². The second kappa shape index (κ2) is 9.55. The van der Waals surface area contributed by atoms with Gasteiger partial charge in [-0.3, -0.25) is 9.89 Å². The molecule has 2 N–H and O–H groups in total. The first-order valence-corrected chi connectivity index (χ1v) is 12.0. The van der Waals surface area contributed by atoms with Crippen molar-refractivity contribution in [3.8, 4) is 28.8 Å². The van der Waals surface area contributed by atoms with Gasteiger partial charge in [0.1, 0.15) is 11.3 Å². The number of aryl methyl sites for hydroxylation is 3. The van der Waals surface area contributed by atoms with Crippen molar-refractivity contribution in [2.45, 2.75) is 25.8 Å². The van der Waals surface area contributed by atoms with Crippen LogP contribution >= 0.6 is 0 Å². The lowest BCUT2D eigenvalue weighted by atomic mass is 10.1. The summed E-state index contributed by atoms with van der Waals surface area (Å²) in [7, 11) is -2.63. The van der Waals surface area contributed by atoms with Crippen LogP contribution in [0.25, 0.3) is 11.3 Å². The van der Waals surface area contributed by atoms with E-state index in [0.717, 1.165) is 16.7 Å². The quantitative estimate of drug-likeness (QED) is 0.388. The third-order valence-electron chi connectivity index (χ3n) is 5.15. The van der Waals surface area contributed by atoms with E-state index in [2.05, 4.69) is 20.2 Å². The van der Waals surface area contributed by atoms with Crippen LogP contribution in [0.5, 0.6) is 17.5 Å². The number of nitrogens with one attached hydrogen (secondary N) is 2. The monoisotopic (exact) mass is 497 g/mol. The number of hydrogen-bond donors (Lipinski definition) is 2. The lowest BCUT2D eigenvalue weighted by Crippen LogP contribution is -2.31. The van der Waals surface area contributed by atoms with Gasteiger partial charge in [0.05, 0.1) is 19.0 Å². The Kier molecular flexibility index (Phi) is 6.52. The van der Waals surface area contributed by atoms with Crippen molar-refractivity contribution in [1.29, 1.82) is 0 Å². The van der Waals surface area contributed by atoms with E-state index in [-0.39, 0.29) is 19.3 Å². The van der Waals surface area contributed by atoms with Gasteiger partial charge in [-0.15, -0.1) is 0 Å². The molecule has 0 saturated heterocycles. The summed E-state index contributed by atoms with van der Waals surface area (Å²) in [5, 5.41) is 5.70. The number of aromatic nitrogens is 4. The fourth-order valence-corrected chi connectivity index (χ4v) is 4.29. The molecule has 4 rings (SSSR count). The summed E-state index contributed by atoms with van der Waals surface area (Å²) in [5.74, 6) is 0.0120. The number of amides is 1. The topological polar surface area (TPSA) is 136 Å². The van der Waals surface area contributed by atoms with Gasteiger partial charge in [-0.2, -0.15) is 13.5 Å². The molecule has 0 fully saturated rings. The maximum Gasteiger partial charge on any atom is 0.281 e. The van der Waals surface area contributed by atoms with E-state index in [1.807, 2.05) is 43.7 Å². The number of aromatic amines is 1. The normalized spacial score (nSPS) is 11.2. The number of H-pyrrole nitrogens is 1. The van der Waals surface area contributed by atoms with Gasteiger partial charge in [-0.1, -0.05) is 17.7 Å². The molecule has 0 unspecified atom stereocenters. The number of ether oxygens (including phenoxy) is 2. The number of rotatable bonds is 7. The number of hydrogen-bond acceptors (Lipinski definition) is 8. The van der Waals surface area contributed by atoms with Crippen molar-refractivity contribution in [2.75, 3.05) is 7.11 Å². The molecule has 3 heterocycles. The molecule has 0 atom stereocenters. The standard InChI is InChI=1S/C24H23N5O5S.2H2/c1-14-5-8-20(15(2)11-14)34-24-18(22(30)29-35(31,32)21-9-10-26-28-21)6-7-19(27-24)17-12-16(3)23(33-4)25-13-17;;/h5-13H,1-4H3,(H,26,28)(H,29,30);2*1H. The van der Waals surface area contributed by atoms with E-state index >= 15 is 0 Å². The first-order chi connectivity index (χ1) is 16.7. The van der Waals surface area contributed by atoms with Gasteiger partial charge in [-0.25, -0.2) is 14.7 Å². The van der Waals surface area contributed by atoms with E-state index < -0.39 is 15.9 Å². The van der Waals surface area contributed by atoms with Crippen LogP contribution in [0.4, 0.5) is 0 Å². The Hall–Kier alpha value is -4.25. The summed E-state index contributed by atoms with van der Waals surface area (Å²) in [4.78, 5) is 21.8. The number of nitrogens with zero attached hydrogens (tertiary/aromatic N) is 3. The van der Waals surface area contributed by atoms with Crippen molar-refractivity contribution < 1.29 is 25.5 Å². The maximum atomic E-state index is 13.0. The third kappa shape index (κ3) is 5.14. The summed E-state index contributed by atoms with van der Waals surface area (Å²) < 4.78 is 38.3. The molecule has 0 aliphatic carbocycles. The van der Waals surface area contributed by atoms with Crippen molar-refractivity contribution in [3.63, 3.8) is 0 Å². The molecule has 0 saturated carbocycles. The van der Waals surface area contributed by atoms with Crippen LogP contribution in [-0.2, 0) is 10.0 Å². The van der Waals surface area contributed by atoms with E-state index in [1.54, 1.807) is 18.3 Å². The van der Waals surface area contributed by atoms with Crippen LogP contribution in [0.1, 0.15) is 29.9 Å². The Morgan fingerprint density at radius 1 is 1.03 bits per heavy atom. The zero-order chi connectivity index (χ0) is 25.2. The molecule has 1 aromatic carbocycles. The Balaban J connectivity index is 0.00000241. The first-order valence-electron chi connectivity index (χ1n) is 10.5. The first kappa shape index (κ1) is 23.9. The average molecular weight is 498 g/mol. The predicted octanol–water partition coefficient (Wildman–Crippen LogP) is 4.20.